The lowest BCUT2D eigenvalue weighted by atomic mass is 10.3. The van der Waals surface area contributed by atoms with Gasteiger partial charge >= 0.3 is 0 Å². The first-order valence-corrected chi connectivity index (χ1v) is 6.67. The standard InChI is InChI=1S/C14H18N4O/c19-10-9-17-5-7-18(8-6-17)14-11-15-12-3-1-2-4-13(12)16-14/h1-4,11,19H,5-10H2. The van der Waals surface area contributed by atoms with Crippen molar-refractivity contribution in [1.82, 2.24) is 14.9 Å². The molecule has 0 unspecified atom stereocenters. The molecule has 0 atom stereocenters. The Balaban J connectivity index is 1.74. The lowest BCUT2D eigenvalue weighted by Crippen LogP contribution is -2.47. The van der Waals surface area contributed by atoms with Gasteiger partial charge in [0.25, 0.3) is 0 Å². The lowest BCUT2D eigenvalue weighted by molar-refractivity contribution is 0.188. The van der Waals surface area contributed by atoms with Gasteiger partial charge in [-0.15, -0.1) is 0 Å². The molecule has 0 spiro atoms. The summed E-state index contributed by atoms with van der Waals surface area (Å²) in [6, 6.07) is 7.93. The van der Waals surface area contributed by atoms with Crippen molar-refractivity contribution < 1.29 is 5.11 Å². The number of hydrogen-bond acceptors (Lipinski definition) is 5. The number of β-amino-alcohol motifs (C(OH)–C–C–N with tert-alkyl or cyclic N) is 1. The van der Waals surface area contributed by atoms with E-state index in [-0.39, 0.29) is 6.61 Å². The van der Waals surface area contributed by atoms with Gasteiger partial charge in [0.15, 0.2) is 0 Å². The van der Waals surface area contributed by atoms with E-state index in [0.717, 1.165) is 49.6 Å². The second-order valence-electron chi connectivity index (χ2n) is 4.77. The molecular formula is C14H18N4O. The number of anilines is 1. The summed E-state index contributed by atoms with van der Waals surface area (Å²) in [5.74, 6) is 0.947. The molecule has 2 aromatic rings. The van der Waals surface area contributed by atoms with Gasteiger partial charge in [-0.05, 0) is 12.1 Å². The van der Waals surface area contributed by atoms with E-state index in [4.69, 9.17) is 5.11 Å². The fraction of sp³-hybridized carbons (Fsp3) is 0.429. The molecule has 3 rings (SSSR count). The van der Waals surface area contributed by atoms with Crippen LogP contribution in [0.15, 0.2) is 30.5 Å². The fourth-order valence-electron chi connectivity index (χ4n) is 2.44. The molecule has 0 radical (unpaired) electrons. The number of aromatic nitrogens is 2. The minimum absolute atomic E-state index is 0.232. The summed E-state index contributed by atoms with van der Waals surface area (Å²) < 4.78 is 0. The largest absolute Gasteiger partial charge is 0.395 e. The number of hydrogen-bond donors (Lipinski definition) is 1. The highest BCUT2D eigenvalue weighted by molar-refractivity contribution is 5.75. The minimum atomic E-state index is 0.232. The van der Waals surface area contributed by atoms with E-state index in [1.807, 2.05) is 30.5 Å². The second kappa shape index (κ2) is 5.50. The van der Waals surface area contributed by atoms with Crippen LogP contribution in [0, 0.1) is 0 Å². The summed E-state index contributed by atoms with van der Waals surface area (Å²) in [6.45, 7) is 4.80. The zero-order chi connectivity index (χ0) is 13.1. The first-order valence-electron chi connectivity index (χ1n) is 6.67. The molecule has 1 aliphatic rings. The van der Waals surface area contributed by atoms with Crippen LogP contribution in [0.2, 0.25) is 0 Å². The Morgan fingerprint density at radius 2 is 1.79 bits per heavy atom. The summed E-state index contributed by atoms with van der Waals surface area (Å²) >= 11 is 0. The number of rotatable bonds is 3. The van der Waals surface area contributed by atoms with Crippen LogP contribution in [-0.2, 0) is 0 Å². The normalized spacial score (nSPS) is 17.0. The van der Waals surface area contributed by atoms with Crippen LogP contribution in [-0.4, -0.2) is 59.3 Å². The predicted molar refractivity (Wildman–Crippen MR) is 75.3 cm³/mol. The summed E-state index contributed by atoms with van der Waals surface area (Å²) in [7, 11) is 0. The van der Waals surface area contributed by atoms with Crippen LogP contribution >= 0.6 is 0 Å². The zero-order valence-electron chi connectivity index (χ0n) is 10.9. The van der Waals surface area contributed by atoms with Crippen LogP contribution in [0.25, 0.3) is 11.0 Å². The highest BCUT2D eigenvalue weighted by atomic mass is 16.3. The first-order chi connectivity index (χ1) is 9.36. The van der Waals surface area contributed by atoms with Crippen molar-refractivity contribution in [2.45, 2.75) is 0 Å². The van der Waals surface area contributed by atoms with Crippen LogP contribution in [0.4, 0.5) is 5.82 Å². The molecule has 0 saturated carbocycles. The van der Waals surface area contributed by atoms with Crippen molar-refractivity contribution in [3.63, 3.8) is 0 Å². The Kier molecular flexibility index (Phi) is 3.57. The van der Waals surface area contributed by atoms with Gasteiger partial charge in [0.2, 0.25) is 0 Å². The molecule has 5 nitrogen and oxygen atoms in total. The van der Waals surface area contributed by atoms with Crippen molar-refractivity contribution >= 4 is 16.9 Å². The van der Waals surface area contributed by atoms with Gasteiger partial charge in [0, 0.05) is 32.7 Å². The highest BCUT2D eigenvalue weighted by Gasteiger charge is 2.17. The lowest BCUT2D eigenvalue weighted by Gasteiger charge is -2.34. The molecule has 5 heteroatoms. The molecule has 1 fully saturated rings. The summed E-state index contributed by atoms with van der Waals surface area (Å²) in [6.07, 6.45) is 1.85. The molecule has 19 heavy (non-hydrogen) atoms. The maximum absolute atomic E-state index is 8.94. The van der Waals surface area contributed by atoms with Crippen molar-refractivity contribution in [2.75, 3.05) is 44.2 Å². The quantitative estimate of drug-likeness (QED) is 0.880. The van der Waals surface area contributed by atoms with Gasteiger partial charge in [-0.1, -0.05) is 12.1 Å². The average molecular weight is 258 g/mol. The molecule has 0 bridgehead atoms. The molecule has 1 N–H and O–H groups in total. The number of aliphatic hydroxyl groups is 1. The van der Waals surface area contributed by atoms with E-state index in [1.165, 1.54) is 0 Å². The Bertz CT molecular complexity index is 552. The number of nitrogens with zero attached hydrogens (tertiary/aromatic N) is 4. The molecule has 0 amide bonds. The molecule has 1 saturated heterocycles. The molecule has 1 aliphatic heterocycles. The molecule has 1 aromatic heterocycles. The third-order valence-corrected chi connectivity index (χ3v) is 3.55. The molecule has 100 valence electrons. The second-order valence-corrected chi connectivity index (χ2v) is 4.77. The Labute approximate surface area is 112 Å². The predicted octanol–water partition coefficient (Wildman–Crippen LogP) is 0.744. The SMILES string of the molecule is OCCN1CCN(c2cnc3ccccc3n2)CC1. The van der Waals surface area contributed by atoms with Gasteiger partial charge in [-0.2, -0.15) is 0 Å². The van der Waals surface area contributed by atoms with Crippen LogP contribution in [0.1, 0.15) is 0 Å². The first kappa shape index (κ1) is 12.3. The average Bonchev–Trinajstić information content (AvgIpc) is 2.48. The van der Waals surface area contributed by atoms with E-state index >= 15 is 0 Å². The summed E-state index contributed by atoms with van der Waals surface area (Å²) in [5.41, 5.74) is 1.88. The third-order valence-electron chi connectivity index (χ3n) is 3.55. The topological polar surface area (TPSA) is 52.5 Å². The summed E-state index contributed by atoms with van der Waals surface area (Å²) in [4.78, 5) is 13.6. The Morgan fingerprint density at radius 3 is 2.53 bits per heavy atom. The molecule has 2 heterocycles. The highest BCUT2D eigenvalue weighted by Crippen LogP contribution is 2.16. The van der Waals surface area contributed by atoms with Crippen LogP contribution in [0.3, 0.4) is 0 Å². The van der Waals surface area contributed by atoms with Crippen LogP contribution in [0.5, 0.6) is 0 Å². The van der Waals surface area contributed by atoms with Crippen molar-refractivity contribution in [3.8, 4) is 0 Å². The zero-order valence-corrected chi connectivity index (χ0v) is 10.9. The molecule has 1 aromatic carbocycles. The number of aliphatic hydroxyl groups excluding tert-OH is 1. The van der Waals surface area contributed by atoms with E-state index in [2.05, 4.69) is 19.8 Å². The monoisotopic (exact) mass is 258 g/mol. The van der Waals surface area contributed by atoms with Crippen molar-refractivity contribution in [2.24, 2.45) is 0 Å². The minimum Gasteiger partial charge on any atom is -0.395 e. The Hall–Kier alpha value is -1.72. The van der Waals surface area contributed by atoms with Crippen molar-refractivity contribution in [3.05, 3.63) is 30.5 Å². The van der Waals surface area contributed by atoms with E-state index in [1.54, 1.807) is 0 Å². The van der Waals surface area contributed by atoms with E-state index < -0.39 is 0 Å². The Morgan fingerprint density at radius 1 is 1.05 bits per heavy atom. The van der Waals surface area contributed by atoms with Gasteiger partial charge < -0.3 is 10.0 Å². The molecule has 0 aliphatic carbocycles. The number of benzene rings is 1. The summed E-state index contributed by atoms with van der Waals surface area (Å²) in [5, 5.41) is 8.94. The van der Waals surface area contributed by atoms with Crippen LogP contribution < -0.4 is 4.90 Å². The number of piperazine rings is 1. The molecular weight excluding hydrogens is 240 g/mol. The van der Waals surface area contributed by atoms with Gasteiger partial charge in [-0.25, -0.2) is 4.98 Å². The number of fused-ring (bicyclic) bond motifs is 1. The van der Waals surface area contributed by atoms with Gasteiger partial charge in [0.1, 0.15) is 5.82 Å². The maximum Gasteiger partial charge on any atom is 0.147 e. The smallest absolute Gasteiger partial charge is 0.147 e. The van der Waals surface area contributed by atoms with E-state index in [0.29, 0.717) is 0 Å². The van der Waals surface area contributed by atoms with Crippen molar-refractivity contribution in [1.29, 1.82) is 0 Å². The van der Waals surface area contributed by atoms with Gasteiger partial charge in [-0.3, -0.25) is 9.88 Å². The fourth-order valence-corrected chi connectivity index (χ4v) is 2.44. The van der Waals surface area contributed by atoms with E-state index in [9.17, 15) is 0 Å². The maximum atomic E-state index is 8.94. The van der Waals surface area contributed by atoms with Gasteiger partial charge in [0.05, 0.1) is 23.8 Å². The number of para-hydroxylation sites is 2. The third kappa shape index (κ3) is 2.67.